The molecule has 0 spiro atoms. The Balaban J connectivity index is 1.60. The summed E-state index contributed by atoms with van der Waals surface area (Å²) in [4.78, 5) is 25.1. The quantitative estimate of drug-likeness (QED) is 0.847. The third-order valence-corrected chi connectivity index (χ3v) is 4.06. The van der Waals surface area contributed by atoms with E-state index in [1.54, 1.807) is 0 Å². The van der Waals surface area contributed by atoms with Crippen molar-refractivity contribution in [1.82, 2.24) is 10.2 Å². The van der Waals surface area contributed by atoms with Crippen molar-refractivity contribution < 1.29 is 19.1 Å². The molecule has 0 radical (unpaired) electrons. The molecule has 1 aromatic carbocycles. The van der Waals surface area contributed by atoms with Crippen molar-refractivity contribution in [3.63, 3.8) is 0 Å². The molecular formula is C16H18N2O4. The molecule has 0 atom stereocenters. The zero-order chi connectivity index (χ0) is 15.5. The van der Waals surface area contributed by atoms with Gasteiger partial charge in [-0.05, 0) is 18.9 Å². The summed E-state index contributed by atoms with van der Waals surface area (Å²) in [5, 5.41) is 12.1. The third kappa shape index (κ3) is 3.12. The highest BCUT2D eigenvalue weighted by Gasteiger charge is 2.23. The van der Waals surface area contributed by atoms with Gasteiger partial charge < -0.3 is 14.8 Å². The number of fused-ring (bicyclic) bond motifs is 1. The summed E-state index contributed by atoms with van der Waals surface area (Å²) in [6.07, 6.45) is 1.99. The van der Waals surface area contributed by atoms with Crippen molar-refractivity contribution in [2.45, 2.75) is 18.9 Å². The lowest BCUT2D eigenvalue weighted by atomic mass is 10.0. The van der Waals surface area contributed by atoms with Crippen LogP contribution in [0.15, 0.2) is 34.9 Å². The van der Waals surface area contributed by atoms with Gasteiger partial charge in [-0.15, -0.1) is 0 Å². The molecule has 2 heterocycles. The highest BCUT2D eigenvalue weighted by Crippen LogP contribution is 2.21. The summed E-state index contributed by atoms with van der Waals surface area (Å²) in [6, 6.07) is 7.47. The fourth-order valence-electron chi connectivity index (χ4n) is 2.89. The number of nitrogens with one attached hydrogen (secondary N) is 1. The minimum absolute atomic E-state index is 0.0152. The fourth-order valence-corrected chi connectivity index (χ4v) is 2.89. The number of furan rings is 1. The summed E-state index contributed by atoms with van der Waals surface area (Å²) in [7, 11) is 0. The van der Waals surface area contributed by atoms with E-state index in [-0.39, 0.29) is 11.8 Å². The Kier molecular flexibility index (Phi) is 4.11. The number of Topliss-reactive ketones (excluding diaryl/α,β-unsaturated/α-hetero) is 1. The van der Waals surface area contributed by atoms with Crippen LogP contribution in [-0.4, -0.2) is 47.6 Å². The molecule has 1 aliphatic rings. The molecule has 6 heteroatoms. The standard InChI is InChI=1S/C16H18N2O4/c19-14(13-10-22-15-4-2-1-3-12(13)15)9-18-7-5-11(6-8-18)17-16(20)21/h1-4,10-11,17H,5-9H2,(H,20,21). The van der Waals surface area contributed by atoms with Gasteiger partial charge in [0.25, 0.3) is 0 Å². The molecule has 1 aromatic heterocycles. The van der Waals surface area contributed by atoms with Gasteiger partial charge in [-0.25, -0.2) is 4.79 Å². The van der Waals surface area contributed by atoms with Crippen LogP contribution >= 0.6 is 0 Å². The highest BCUT2D eigenvalue weighted by molar-refractivity contribution is 6.08. The van der Waals surface area contributed by atoms with Gasteiger partial charge in [-0.3, -0.25) is 9.69 Å². The van der Waals surface area contributed by atoms with E-state index in [1.165, 1.54) is 6.26 Å². The second kappa shape index (κ2) is 6.19. The lowest BCUT2D eigenvalue weighted by molar-refractivity contribution is 0.0902. The number of likely N-dealkylation sites (tertiary alicyclic amines) is 1. The van der Waals surface area contributed by atoms with E-state index >= 15 is 0 Å². The van der Waals surface area contributed by atoms with Crippen molar-refractivity contribution in [3.05, 3.63) is 36.1 Å². The first kappa shape index (κ1) is 14.6. The van der Waals surface area contributed by atoms with Gasteiger partial charge in [-0.1, -0.05) is 18.2 Å². The molecule has 0 unspecified atom stereocenters. The Labute approximate surface area is 127 Å². The Hall–Kier alpha value is -2.34. The van der Waals surface area contributed by atoms with E-state index in [9.17, 15) is 9.59 Å². The Bertz CT molecular complexity index is 686. The zero-order valence-corrected chi connectivity index (χ0v) is 12.1. The third-order valence-electron chi connectivity index (χ3n) is 4.06. The second-order valence-electron chi connectivity index (χ2n) is 5.57. The molecule has 2 N–H and O–H groups in total. The number of piperidine rings is 1. The maximum Gasteiger partial charge on any atom is 0.404 e. The van der Waals surface area contributed by atoms with Gasteiger partial charge in [-0.2, -0.15) is 0 Å². The van der Waals surface area contributed by atoms with Gasteiger partial charge in [0.05, 0.1) is 12.1 Å². The van der Waals surface area contributed by atoms with E-state index in [4.69, 9.17) is 9.52 Å². The fraction of sp³-hybridized carbons (Fsp3) is 0.375. The van der Waals surface area contributed by atoms with Gasteiger partial charge in [0.1, 0.15) is 11.8 Å². The van der Waals surface area contributed by atoms with Crippen LogP contribution in [0, 0.1) is 0 Å². The van der Waals surface area contributed by atoms with Crippen molar-refractivity contribution in [2.24, 2.45) is 0 Å². The minimum atomic E-state index is -0.987. The number of carbonyl (C=O) groups is 2. The topological polar surface area (TPSA) is 82.8 Å². The number of benzene rings is 1. The number of hydrogen-bond acceptors (Lipinski definition) is 4. The Morgan fingerprint density at radius 1 is 1.27 bits per heavy atom. The number of rotatable bonds is 4. The number of carboxylic acid groups (broad SMARTS) is 1. The molecule has 1 saturated heterocycles. The first-order valence-corrected chi connectivity index (χ1v) is 7.35. The van der Waals surface area contributed by atoms with Crippen LogP contribution in [0.5, 0.6) is 0 Å². The largest absolute Gasteiger partial charge is 0.465 e. The summed E-state index contributed by atoms with van der Waals surface area (Å²) < 4.78 is 5.41. The van der Waals surface area contributed by atoms with Gasteiger partial charge in [0.2, 0.25) is 0 Å². The predicted molar refractivity (Wildman–Crippen MR) is 81.2 cm³/mol. The molecule has 2 aromatic rings. The van der Waals surface area contributed by atoms with Crippen LogP contribution in [0.25, 0.3) is 11.0 Å². The first-order valence-electron chi connectivity index (χ1n) is 7.35. The maximum absolute atomic E-state index is 12.4. The van der Waals surface area contributed by atoms with Crippen LogP contribution in [0.4, 0.5) is 4.79 Å². The number of ketones is 1. The molecule has 1 fully saturated rings. The number of amides is 1. The lowest BCUT2D eigenvalue weighted by Crippen LogP contribution is -2.45. The maximum atomic E-state index is 12.4. The first-order chi connectivity index (χ1) is 10.6. The van der Waals surface area contributed by atoms with Crippen LogP contribution < -0.4 is 5.32 Å². The summed E-state index contributed by atoms with van der Waals surface area (Å²) in [5.74, 6) is 0.0367. The lowest BCUT2D eigenvalue weighted by Gasteiger charge is -2.31. The normalized spacial score (nSPS) is 16.7. The molecule has 22 heavy (non-hydrogen) atoms. The summed E-state index contributed by atoms with van der Waals surface area (Å²) in [6.45, 7) is 1.77. The minimum Gasteiger partial charge on any atom is -0.465 e. The molecule has 116 valence electrons. The molecule has 0 saturated carbocycles. The average Bonchev–Trinajstić information content (AvgIpc) is 2.93. The van der Waals surface area contributed by atoms with Gasteiger partial charge in [0, 0.05) is 24.5 Å². The zero-order valence-electron chi connectivity index (χ0n) is 12.1. The van der Waals surface area contributed by atoms with Crippen LogP contribution in [-0.2, 0) is 0 Å². The molecular weight excluding hydrogens is 284 g/mol. The van der Waals surface area contributed by atoms with E-state index in [1.807, 2.05) is 24.3 Å². The van der Waals surface area contributed by atoms with E-state index in [2.05, 4.69) is 10.2 Å². The Morgan fingerprint density at radius 2 is 2.00 bits per heavy atom. The van der Waals surface area contributed by atoms with Crippen molar-refractivity contribution in [3.8, 4) is 0 Å². The Morgan fingerprint density at radius 3 is 2.73 bits per heavy atom. The monoisotopic (exact) mass is 302 g/mol. The van der Waals surface area contributed by atoms with Crippen LogP contribution in [0.1, 0.15) is 23.2 Å². The van der Waals surface area contributed by atoms with Gasteiger partial charge >= 0.3 is 6.09 Å². The van der Waals surface area contributed by atoms with E-state index in [0.717, 1.165) is 23.8 Å². The predicted octanol–water partition coefficient (Wildman–Crippen LogP) is 2.35. The second-order valence-corrected chi connectivity index (χ2v) is 5.57. The molecule has 0 aliphatic carbocycles. The number of para-hydroxylation sites is 1. The van der Waals surface area contributed by atoms with Crippen LogP contribution in [0.2, 0.25) is 0 Å². The van der Waals surface area contributed by atoms with Crippen molar-refractivity contribution >= 4 is 22.8 Å². The highest BCUT2D eigenvalue weighted by atomic mass is 16.4. The molecule has 6 nitrogen and oxygen atoms in total. The van der Waals surface area contributed by atoms with Gasteiger partial charge in [0.15, 0.2) is 5.78 Å². The molecule has 3 rings (SSSR count). The smallest absolute Gasteiger partial charge is 0.404 e. The molecule has 0 bridgehead atoms. The van der Waals surface area contributed by atoms with Crippen LogP contribution in [0.3, 0.4) is 0 Å². The molecule has 1 amide bonds. The number of nitrogens with zero attached hydrogens (tertiary/aromatic N) is 1. The molecule has 1 aliphatic heterocycles. The average molecular weight is 302 g/mol. The SMILES string of the molecule is O=C(O)NC1CCN(CC(=O)c2coc3ccccc23)CC1. The van der Waals surface area contributed by atoms with Crippen molar-refractivity contribution in [1.29, 1.82) is 0 Å². The van der Waals surface area contributed by atoms with E-state index < -0.39 is 6.09 Å². The number of hydrogen-bond donors (Lipinski definition) is 2. The number of carbonyl (C=O) groups excluding carboxylic acids is 1. The summed E-state index contributed by atoms with van der Waals surface area (Å²) >= 11 is 0. The summed E-state index contributed by atoms with van der Waals surface area (Å²) in [5.41, 5.74) is 1.33. The van der Waals surface area contributed by atoms with E-state index in [0.29, 0.717) is 25.2 Å². The van der Waals surface area contributed by atoms with Crippen molar-refractivity contribution in [2.75, 3.05) is 19.6 Å².